The molecule has 0 aliphatic carbocycles. The normalized spacial score (nSPS) is 18.7. The standard InChI is InChI=1S/C25H30N10O/c1-17-14-23(31-30-17)27-22-16-24(34-12-10-33(2)11-13-34)29-25(28-22)35-9-5-7-20(35)21-15-19(32-36-21)18-6-3-4-8-26-18/h3-4,6,8,14-16,20H,5,7,9-13H2,1-2H3,(H2,27,28,29,30,31)/t20-/m0/s1. The molecule has 2 fully saturated rings. The number of hydrogen-bond acceptors (Lipinski definition) is 10. The minimum atomic E-state index is 0.0122. The highest BCUT2D eigenvalue weighted by Crippen LogP contribution is 2.37. The number of rotatable bonds is 6. The van der Waals surface area contributed by atoms with Crippen LogP contribution in [0, 0.1) is 6.92 Å². The van der Waals surface area contributed by atoms with Crippen molar-refractivity contribution < 1.29 is 4.52 Å². The van der Waals surface area contributed by atoms with E-state index in [4.69, 9.17) is 14.5 Å². The number of aryl methyl sites for hydroxylation is 1. The van der Waals surface area contributed by atoms with Gasteiger partial charge in [0.1, 0.15) is 17.3 Å². The van der Waals surface area contributed by atoms with Gasteiger partial charge in [-0.15, -0.1) is 0 Å². The summed E-state index contributed by atoms with van der Waals surface area (Å²) in [7, 11) is 2.15. The maximum atomic E-state index is 5.81. The van der Waals surface area contributed by atoms with Crippen LogP contribution in [0.3, 0.4) is 0 Å². The third-order valence-electron chi connectivity index (χ3n) is 6.78. The Morgan fingerprint density at radius 3 is 2.67 bits per heavy atom. The van der Waals surface area contributed by atoms with Crippen molar-refractivity contribution in [3.63, 3.8) is 0 Å². The lowest BCUT2D eigenvalue weighted by atomic mass is 10.1. The van der Waals surface area contributed by atoms with Gasteiger partial charge in [-0.05, 0) is 38.9 Å². The average Bonchev–Trinajstić information content (AvgIpc) is 3.66. The summed E-state index contributed by atoms with van der Waals surface area (Å²) >= 11 is 0. The van der Waals surface area contributed by atoms with Crippen molar-refractivity contribution in [3.05, 3.63) is 54.0 Å². The largest absolute Gasteiger partial charge is 0.358 e. The van der Waals surface area contributed by atoms with Gasteiger partial charge >= 0.3 is 0 Å². The van der Waals surface area contributed by atoms with E-state index >= 15 is 0 Å². The van der Waals surface area contributed by atoms with E-state index in [1.54, 1.807) is 6.20 Å². The van der Waals surface area contributed by atoms with Crippen molar-refractivity contribution in [2.24, 2.45) is 0 Å². The Balaban J connectivity index is 1.32. The van der Waals surface area contributed by atoms with Gasteiger partial charge in [-0.1, -0.05) is 11.2 Å². The molecule has 6 rings (SSSR count). The van der Waals surface area contributed by atoms with Gasteiger partial charge in [0, 0.05) is 62.8 Å². The van der Waals surface area contributed by atoms with Gasteiger partial charge in [0.05, 0.1) is 11.7 Å². The Bertz CT molecular complexity index is 1310. The third-order valence-corrected chi connectivity index (χ3v) is 6.78. The van der Waals surface area contributed by atoms with Crippen LogP contribution in [0.25, 0.3) is 11.4 Å². The number of likely N-dealkylation sites (N-methyl/N-ethyl adjacent to an activating group) is 1. The highest BCUT2D eigenvalue weighted by Gasteiger charge is 2.32. The fourth-order valence-electron chi connectivity index (χ4n) is 4.81. The molecule has 0 bridgehead atoms. The summed E-state index contributed by atoms with van der Waals surface area (Å²) in [5.74, 6) is 3.85. The predicted molar refractivity (Wildman–Crippen MR) is 137 cm³/mol. The number of nitrogens with one attached hydrogen (secondary N) is 2. The van der Waals surface area contributed by atoms with Crippen molar-refractivity contribution in [1.82, 2.24) is 35.2 Å². The number of anilines is 4. The minimum absolute atomic E-state index is 0.0122. The molecule has 2 N–H and O–H groups in total. The second kappa shape index (κ2) is 9.57. The summed E-state index contributed by atoms with van der Waals surface area (Å²) in [6.45, 7) is 6.67. The molecule has 0 spiro atoms. The van der Waals surface area contributed by atoms with E-state index in [0.717, 1.165) is 85.9 Å². The fourth-order valence-corrected chi connectivity index (χ4v) is 4.81. The van der Waals surface area contributed by atoms with Gasteiger partial charge in [0.15, 0.2) is 11.6 Å². The molecular weight excluding hydrogens is 456 g/mol. The zero-order valence-corrected chi connectivity index (χ0v) is 20.6. The summed E-state index contributed by atoms with van der Waals surface area (Å²) < 4.78 is 5.81. The molecule has 4 aromatic heterocycles. The summed E-state index contributed by atoms with van der Waals surface area (Å²) in [5.41, 5.74) is 2.52. The van der Waals surface area contributed by atoms with Gasteiger partial charge in [-0.25, -0.2) is 0 Å². The van der Waals surface area contributed by atoms with E-state index in [-0.39, 0.29) is 6.04 Å². The minimum Gasteiger partial charge on any atom is -0.358 e. The smallest absolute Gasteiger partial charge is 0.229 e. The molecule has 186 valence electrons. The summed E-state index contributed by atoms with van der Waals surface area (Å²) in [6, 6.07) is 11.8. The lowest BCUT2D eigenvalue weighted by Gasteiger charge is -2.34. The van der Waals surface area contributed by atoms with E-state index in [0.29, 0.717) is 5.95 Å². The van der Waals surface area contributed by atoms with E-state index in [1.165, 1.54) is 0 Å². The maximum absolute atomic E-state index is 5.81. The number of piperazine rings is 1. The topological polar surface area (TPSA) is 115 Å². The Hall–Kier alpha value is -3.99. The molecule has 2 aliphatic rings. The quantitative estimate of drug-likeness (QED) is 0.420. The molecule has 0 aromatic carbocycles. The predicted octanol–water partition coefficient (Wildman–Crippen LogP) is 3.40. The Morgan fingerprint density at radius 2 is 1.89 bits per heavy atom. The maximum Gasteiger partial charge on any atom is 0.229 e. The van der Waals surface area contributed by atoms with Crippen LogP contribution in [0.5, 0.6) is 0 Å². The van der Waals surface area contributed by atoms with E-state index < -0.39 is 0 Å². The molecule has 11 nitrogen and oxygen atoms in total. The third kappa shape index (κ3) is 4.61. The zero-order chi connectivity index (χ0) is 24.5. The molecule has 2 aliphatic heterocycles. The van der Waals surface area contributed by atoms with Crippen molar-refractivity contribution in [2.75, 3.05) is 54.9 Å². The lowest BCUT2D eigenvalue weighted by Crippen LogP contribution is -2.45. The number of aromatic nitrogens is 6. The van der Waals surface area contributed by atoms with Crippen molar-refractivity contribution in [1.29, 1.82) is 0 Å². The molecule has 1 atom stereocenters. The Morgan fingerprint density at radius 1 is 1.00 bits per heavy atom. The first-order valence-electron chi connectivity index (χ1n) is 12.4. The van der Waals surface area contributed by atoms with Crippen LogP contribution in [0.4, 0.5) is 23.4 Å². The van der Waals surface area contributed by atoms with Crippen LogP contribution in [-0.4, -0.2) is 75.0 Å². The molecule has 0 saturated carbocycles. The van der Waals surface area contributed by atoms with Gasteiger partial charge in [-0.3, -0.25) is 10.1 Å². The molecule has 11 heteroatoms. The SMILES string of the molecule is Cc1cc(Nc2cc(N3CCN(C)CC3)nc(N3CCC[C@H]3c3cc(-c4ccccn4)no3)n2)n[nH]1. The fraction of sp³-hybridized carbons (Fsp3) is 0.400. The molecule has 2 saturated heterocycles. The Kier molecular flexibility index (Phi) is 5.98. The monoisotopic (exact) mass is 486 g/mol. The molecule has 0 amide bonds. The second-order valence-electron chi connectivity index (χ2n) is 9.44. The van der Waals surface area contributed by atoms with Gasteiger partial charge in [0.25, 0.3) is 0 Å². The van der Waals surface area contributed by atoms with E-state index in [1.807, 2.05) is 43.3 Å². The Labute approximate surface area is 209 Å². The molecule has 36 heavy (non-hydrogen) atoms. The van der Waals surface area contributed by atoms with Crippen molar-refractivity contribution in [3.8, 4) is 11.4 Å². The molecule has 0 radical (unpaired) electrons. The number of aromatic amines is 1. The van der Waals surface area contributed by atoms with Crippen molar-refractivity contribution in [2.45, 2.75) is 25.8 Å². The second-order valence-corrected chi connectivity index (χ2v) is 9.44. The van der Waals surface area contributed by atoms with E-state index in [9.17, 15) is 0 Å². The highest BCUT2D eigenvalue weighted by molar-refractivity contribution is 5.61. The highest BCUT2D eigenvalue weighted by atomic mass is 16.5. The first kappa shape index (κ1) is 22.5. The van der Waals surface area contributed by atoms with Crippen LogP contribution < -0.4 is 15.1 Å². The van der Waals surface area contributed by atoms with Crippen molar-refractivity contribution >= 4 is 23.4 Å². The molecule has 4 aromatic rings. The van der Waals surface area contributed by atoms with Crippen LogP contribution in [0.2, 0.25) is 0 Å². The van der Waals surface area contributed by atoms with Gasteiger partial charge in [0.2, 0.25) is 5.95 Å². The summed E-state index contributed by atoms with van der Waals surface area (Å²) in [6.07, 6.45) is 3.73. The number of nitrogens with zero attached hydrogens (tertiary/aromatic N) is 8. The summed E-state index contributed by atoms with van der Waals surface area (Å²) in [4.78, 5) is 21.2. The van der Waals surface area contributed by atoms with Crippen LogP contribution in [0.15, 0.2) is 47.1 Å². The number of H-pyrrole nitrogens is 1. The average molecular weight is 487 g/mol. The van der Waals surface area contributed by atoms with Crippen LogP contribution >= 0.6 is 0 Å². The molecule has 0 unspecified atom stereocenters. The van der Waals surface area contributed by atoms with Crippen LogP contribution in [-0.2, 0) is 0 Å². The van der Waals surface area contributed by atoms with Gasteiger partial charge < -0.3 is 24.5 Å². The van der Waals surface area contributed by atoms with Crippen LogP contribution in [0.1, 0.15) is 30.3 Å². The number of hydrogen-bond donors (Lipinski definition) is 2. The first-order valence-corrected chi connectivity index (χ1v) is 12.4. The van der Waals surface area contributed by atoms with E-state index in [2.05, 4.69) is 47.4 Å². The summed E-state index contributed by atoms with van der Waals surface area (Å²) in [5, 5.41) is 15.0. The first-order chi connectivity index (χ1) is 17.6. The molecular formula is C25H30N10O. The number of pyridine rings is 1. The zero-order valence-electron chi connectivity index (χ0n) is 20.6. The van der Waals surface area contributed by atoms with Gasteiger partial charge in [-0.2, -0.15) is 15.1 Å². The molecule has 6 heterocycles. The lowest BCUT2D eigenvalue weighted by molar-refractivity contribution is 0.312.